The summed E-state index contributed by atoms with van der Waals surface area (Å²) in [7, 11) is 1.37. The summed E-state index contributed by atoms with van der Waals surface area (Å²) in [5.41, 5.74) is 2.84. The molecule has 0 fully saturated rings. The van der Waals surface area contributed by atoms with E-state index >= 15 is 0 Å². The minimum Gasteiger partial charge on any atom is -0.494 e. The van der Waals surface area contributed by atoms with Crippen molar-refractivity contribution in [3.8, 4) is 17.2 Å². The molecule has 0 aliphatic carbocycles. The van der Waals surface area contributed by atoms with Crippen LogP contribution in [-0.4, -0.2) is 26.2 Å². The van der Waals surface area contributed by atoms with Crippen molar-refractivity contribution in [1.82, 2.24) is 0 Å². The highest BCUT2D eigenvalue weighted by Gasteiger charge is 2.05. The quantitative estimate of drug-likeness (QED) is 0.272. The summed E-state index contributed by atoms with van der Waals surface area (Å²) in [6.45, 7) is 5.73. The molecule has 0 aromatic heterocycles. The maximum absolute atomic E-state index is 11.4. The van der Waals surface area contributed by atoms with Crippen molar-refractivity contribution in [2.24, 2.45) is 0 Å². The lowest BCUT2D eigenvalue weighted by molar-refractivity contribution is 0.0600. The predicted molar refractivity (Wildman–Crippen MR) is 131 cm³/mol. The lowest BCUT2D eigenvalue weighted by Crippen LogP contribution is -2.07. The number of methoxy groups -OCH3 is 1. The highest BCUT2D eigenvalue weighted by molar-refractivity contribution is 5.89. The van der Waals surface area contributed by atoms with Gasteiger partial charge in [0.2, 0.25) is 0 Å². The smallest absolute Gasteiger partial charge is 0.337 e. The van der Waals surface area contributed by atoms with E-state index in [0.29, 0.717) is 18.1 Å². The van der Waals surface area contributed by atoms with Crippen molar-refractivity contribution in [3.63, 3.8) is 0 Å². The zero-order valence-corrected chi connectivity index (χ0v) is 19.5. The van der Waals surface area contributed by atoms with Gasteiger partial charge in [-0.25, -0.2) is 4.79 Å². The Morgan fingerprint density at radius 1 is 0.844 bits per heavy atom. The van der Waals surface area contributed by atoms with E-state index in [1.54, 1.807) is 24.3 Å². The van der Waals surface area contributed by atoms with Gasteiger partial charge >= 0.3 is 5.97 Å². The molecule has 0 spiro atoms. The molecule has 0 aliphatic rings. The first kappa shape index (κ1) is 25.1. The average Bonchev–Trinajstić information content (AvgIpc) is 2.80. The molecular formula is C26H30ClNO4. The molecule has 3 aromatic carbocycles. The SMILES string of the molecule is COC(=O)c1ccc(OCCCNc2ccc(Oc3ccc(C(C)C)cc3)cc2)cc1.Cl. The topological polar surface area (TPSA) is 56.8 Å². The Bertz CT molecular complexity index is 955. The molecule has 0 atom stereocenters. The van der Waals surface area contributed by atoms with Crippen molar-refractivity contribution in [2.45, 2.75) is 26.2 Å². The van der Waals surface area contributed by atoms with E-state index in [9.17, 15) is 4.79 Å². The fourth-order valence-corrected chi connectivity index (χ4v) is 3.00. The Kier molecular flexibility index (Phi) is 9.89. The monoisotopic (exact) mass is 455 g/mol. The van der Waals surface area contributed by atoms with Gasteiger partial charge in [0, 0.05) is 12.2 Å². The van der Waals surface area contributed by atoms with Gasteiger partial charge in [-0.15, -0.1) is 12.4 Å². The maximum atomic E-state index is 11.4. The van der Waals surface area contributed by atoms with Crippen LogP contribution in [0.2, 0.25) is 0 Å². The van der Waals surface area contributed by atoms with Crippen LogP contribution in [-0.2, 0) is 4.74 Å². The number of hydrogen-bond acceptors (Lipinski definition) is 5. The second kappa shape index (κ2) is 12.6. The van der Waals surface area contributed by atoms with Gasteiger partial charge in [0.25, 0.3) is 0 Å². The summed E-state index contributed by atoms with van der Waals surface area (Å²) in [5, 5.41) is 3.38. The van der Waals surface area contributed by atoms with Crippen LogP contribution in [0.15, 0.2) is 72.8 Å². The second-order valence-corrected chi connectivity index (χ2v) is 7.49. The van der Waals surface area contributed by atoms with E-state index in [0.717, 1.165) is 35.9 Å². The minimum absolute atomic E-state index is 0. The van der Waals surface area contributed by atoms with E-state index < -0.39 is 0 Å². The van der Waals surface area contributed by atoms with Crippen molar-refractivity contribution >= 4 is 24.1 Å². The van der Waals surface area contributed by atoms with E-state index in [1.165, 1.54) is 12.7 Å². The van der Waals surface area contributed by atoms with Crippen LogP contribution >= 0.6 is 12.4 Å². The molecule has 0 radical (unpaired) electrons. The molecule has 0 bridgehead atoms. The number of halogens is 1. The summed E-state index contributed by atoms with van der Waals surface area (Å²) < 4.78 is 16.3. The molecule has 3 aromatic rings. The van der Waals surface area contributed by atoms with Crippen LogP contribution in [0.1, 0.15) is 42.1 Å². The first-order valence-corrected chi connectivity index (χ1v) is 10.5. The number of ether oxygens (including phenoxy) is 3. The summed E-state index contributed by atoms with van der Waals surface area (Å²) in [6.07, 6.45) is 0.846. The molecule has 170 valence electrons. The molecular weight excluding hydrogens is 426 g/mol. The number of hydrogen-bond donors (Lipinski definition) is 1. The Hall–Kier alpha value is -3.18. The minimum atomic E-state index is -0.351. The fourth-order valence-electron chi connectivity index (χ4n) is 3.00. The van der Waals surface area contributed by atoms with Crippen LogP contribution in [0.3, 0.4) is 0 Å². The van der Waals surface area contributed by atoms with Gasteiger partial charge in [-0.2, -0.15) is 0 Å². The first-order chi connectivity index (χ1) is 15.0. The van der Waals surface area contributed by atoms with Crippen molar-refractivity contribution in [3.05, 3.63) is 83.9 Å². The lowest BCUT2D eigenvalue weighted by Gasteiger charge is -2.11. The lowest BCUT2D eigenvalue weighted by atomic mass is 10.0. The number of carbonyl (C=O) groups excluding carboxylic acids is 1. The Labute approximate surface area is 196 Å². The molecule has 0 saturated heterocycles. The van der Waals surface area contributed by atoms with Gasteiger partial charge in [0.15, 0.2) is 0 Å². The Morgan fingerprint density at radius 2 is 1.41 bits per heavy atom. The van der Waals surface area contributed by atoms with Gasteiger partial charge in [0.05, 0.1) is 19.3 Å². The van der Waals surface area contributed by atoms with Crippen LogP contribution in [0, 0.1) is 0 Å². The highest BCUT2D eigenvalue weighted by Crippen LogP contribution is 2.25. The number of anilines is 1. The molecule has 0 heterocycles. The van der Waals surface area contributed by atoms with Gasteiger partial charge < -0.3 is 19.5 Å². The van der Waals surface area contributed by atoms with E-state index in [-0.39, 0.29) is 18.4 Å². The zero-order chi connectivity index (χ0) is 22.1. The summed E-state index contributed by atoms with van der Waals surface area (Å²) in [6, 6.07) is 23.1. The van der Waals surface area contributed by atoms with Gasteiger partial charge in [0.1, 0.15) is 17.2 Å². The number of benzene rings is 3. The van der Waals surface area contributed by atoms with Crippen LogP contribution in [0.5, 0.6) is 17.2 Å². The number of nitrogens with one attached hydrogen (secondary N) is 1. The van der Waals surface area contributed by atoms with Gasteiger partial charge in [-0.1, -0.05) is 26.0 Å². The third-order valence-corrected chi connectivity index (χ3v) is 4.83. The van der Waals surface area contributed by atoms with Crippen LogP contribution in [0.25, 0.3) is 0 Å². The molecule has 6 heteroatoms. The van der Waals surface area contributed by atoms with E-state index in [4.69, 9.17) is 9.47 Å². The summed E-state index contributed by atoms with van der Waals surface area (Å²) in [4.78, 5) is 11.4. The molecule has 3 rings (SSSR count). The first-order valence-electron chi connectivity index (χ1n) is 10.5. The summed E-state index contributed by atoms with van der Waals surface area (Å²) >= 11 is 0. The molecule has 0 unspecified atom stereocenters. The van der Waals surface area contributed by atoms with Crippen LogP contribution in [0.4, 0.5) is 5.69 Å². The Morgan fingerprint density at radius 3 is 1.97 bits per heavy atom. The second-order valence-electron chi connectivity index (χ2n) is 7.49. The molecule has 32 heavy (non-hydrogen) atoms. The van der Waals surface area contributed by atoms with E-state index in [2.05, 4.69) is 36.0 Å². The molecule has 0 aliphatic heterocycles. The molecule has 0 saturated carbocycles. The normalized spacial score (nSPS) is 10.2. The predicted octanol–water partition coefficient (Wildman–Crippen LogP) is 6.69. The van der Waals surface area contributed by atoms with Crippen LogP contribution < -0.4 is 14.8 Å². The Balaban J connectivity index is 0.00000363. The number of carbonyl (C=O) groups is 1. The average molecular weight is 456 g/mol. The third-order valence-electron chi connectivity index (χ3n) is 4.83. The highest BCUT2D eigenvalue weighted by atomic mass is 35.5. The molecule has 1 N–H and O–H groups in total. The maximum Gasteiger partial charge on any atom is 0.337 e. The zero-order valence-electron chi connectivity index (χ0n) is 18.7. The third kappa shape index (κ3) is 7.50. The van der Waals surface area contributed by atoms with Crippen molar-refractivity contribution < 1.29 is 19.0 Å². The van der Waals surface area contributed by atoms with Gasteiger partial charge in [-0.3, -0.25) is 0 Å². The standard InChI is InChI=1S/C26H29NO4.ClH/c1-19(2)20-5-13-24(14-6-20)31-25-15-9-22(10-16-25)27-17-4-18-30-23-11-7-21(8-12-23)26(28)29-3;/h5-16,19,27H,4,17-18H2,1-3H3;1H. The number of esters is 1. The largest absolute Gasteiger partial charge is 0.494 e. The summed E-state index contributed by atoms with van der Waals surface area (Å²) in [5.74, 6) is 2.53. The van der Waals surface area contributed by atoms with Gasteiger partial charge in [-0.05, 0) is 78.6 Å². The van der Waals surface area contributed by atoms with Crippen molar-refractivity contribution in [2.75, 3.05) is 25.6 Å². The number of rotatable bonds is 10. The molecule has 5 nitrogen and oxygen atoms in total. The van der Waals surface area contributed by atoms with Crippen molar-refractivity contribution in [1.29, 1.82) is 0 Å². The molecule has 0 amide bonds. The fraction of sp³-hybridized carbons (Fsp3) is 0.269. The van der Waals surface area contributed by atoms with E-state index in [1.807, 2.05) is 36.4 Å².